The molecule has 2 aromatic heterocycles. The molecule has 7 rings (SSSR count). The lowest BCUT2D eigenvalue weighted by molar-refractivity contribution is -0.172. The molecule has 1 aromatic carbocycles. The summed E-state index contributed by atoms with van der Waals surface area (Å²) < 4.78 is 22.1. The normalized spacial score (nSPS) is 21.0. The van der Waals surface area contributed by atoms with Crippen molar-refractivity contribution in [2.45, 2.75) is 109 Å². The fraction of sp³-hybridized carbons (Fsp3) is 0.512. The van der Waals surface area contributed by atoms with Crippen LogP contribution < -0.4 is 32.1 Å². The van der Waals surface area contributed by atoms with Gasteiger partial charge in [0.15, 0.2) is 5.60 Å². The monoisotopic (exact) mass is 859 g/mol. The molecular formula is C43H50FN7O11. The molecule has 19 heteroatoms. The smallest absolute Gasteiger partial charge is 0.343 e. The summed E-state index contributed by atoms with van der Waals surface area (Å²) in [6.45, 7) is 4.25. The second kappa shape index (κ2) is 17.6. The van der Waals surface area contributed by atoms with Crippen molar-refractivity contribution in [3.05, 3.63) is 61.7 Å². The third kappa shape index (κ3) is 8.36. The van der Waals surface area contributed by atoms with Crippen LogP contribution in [0.1, 0.15) is 105 Å². The van der Waals surface area contributed by atoms with Crippen molar-refractivity contribution in [2.24, 2.45) is 11.8 Å². The summed E-state index contributed by atoms with van der Waals surface area (Å²) in [5, 5.41) is 34.3. The largest absolute Gasteiger partial charge is 0.481 e. The Labute approximate surface area is 354 Å². The molecule has 5 amide bonds. The van der Waals surface area contributed by atoms with Crippen LogP contribution in [0.15, 0.2) is 16.9 Å². The fourth-order valence-corrected chi connectivity index (χ4v) is 9.03. The highest BCUT2D eigenvalue weighted by Crippen LogP contribution is 2.46. The second-order valence-corrected chi connectivity index (χ2v) is 16.5. The quantitative estimate of drug-likeness (QED) is 0.0783. The van der Waals surface area contributed by atoms with Crippen molar-refractivity contribution in [1.29, 1.82) is 0 Å². The summed E-state index contributed by atoms with van der Waals surface area (Å²) in [5.74, 6) is -5.04. The summed E-state index contributed by atoms with van der Waals surface area (Å²) >= 11 is 0. The van der Waals surface area contributed by atoms with E-state index < -0.39 is 78.2 Å². The zero-order chi connectivity index (χ0) is 44.6. The third-order valence-corrected chi connectivity index (χ3v) is 12.7. The van der Waals surface area contributed by atoms with Gasteiger partial charge in [-0.05, 0) is 80.5 Å². The zero-order valence-corrected chi connectivity index (χ0v) is 34.7. The van der Waals surface area contributed by atoms with E-state index in [2.05, 4.69) is 26.6 Å². The van der Waals surface area contributed by atoms with Crippen molar-refractivity contribution in [2.75, 3.05) is 19.6 Å². The van der Waals surface area contributed by atoms with E-state index in [9.17, 15) is 43.5 Å². The maximum atomic E-state index is 15.3. The number of pyridine rings is 2. The molecule has 1 saturated carbocycles. The number of benzene rings is 1. The summed E-state index contributed by atoms with van der Waals surface area (Å²) in [5.41, 5.74) is 1.85. The van der Waals surface area contributed by atoms with Crippen LogP contribution in [0.2, 0.25) is 0 Å². The zero-order valence-electron chi connectivity index (χ0n) is 34.7. The van der Waals surface area contributed by atoms with Gasteiger partial charge in [-0.1, -0.05) is 13.8 Å². The minimum absolute atomic E-state index is 0.0179. The first kappa shape index (κ1) is 43.8. The van der Waals surface area contributed by atoms with Gasteiger partial charge in [0.05, 0.1) is 48.1 Å². The number of amides is 5. The Morgan fingerprint density at radius 3 is 2.45 bits per heavy atom. The highest BCUT2D eigenvalue weighted by Gasteiger charge is 2.46. The Bertz CT molecular complexity index is 2460. The lowest BCUT2D eigenvalue weighted by Gasteiger charge is -2.36. The van der Waals surface area contributed by atoms with Crippen molar-refractivity contribution in [3.8, 4) is 11.4 Å². The summed E-state index contributed by atoms with van der Waals surface area (Å²) in [6.07, 6.45) is 2.20. The number of aromatic nitrogens is 2. The van der Waals surface area contributed by atoms with Crippen LogP contribution in [0.5, 0.6) is 0 Å². The van der Waals surface area contributed by atoms with Crippen LogP contribution in [0.4, 0.5) is 4.39 Å². The molecule has 4 heterocycles. The maximum absolute atomic E-state index is 15.3. The van der Waals surface area contributed by atoms with E-state index in [-0.39, 0.29) is 73.7 Å². The average molecular weight is 860 g/mol. The lowest BCUT2D eigenvalue weighted by Crippen LogP contribution is -2.51. The van der Waals surface area contributed by atoms with E-state index in [1.807, 2.05) is 0 Å². The van der Waals surface area contributed by atoms with Gasteiger partial charge in [0, 0.05) is 47.9 Å². The van der Waals surface area contributed by atoms with Gasteiger partial charge in [-0.2, -0.15) is 0 Å². The predicted molar refractivity (Wildman–Crippen MR) is 217 cm³/mol. The molecular weight excluding hydrogens is 810 g/mol. The number of aliphatic hydroxyl groups is 1. The number of aliphatic carboxylic acids is 1. The number of rotatable bonds is 16. The molecule has 0 bridgehead atoms. The molecule has 1 fully saturated rings. The van der Waals surface area contributed by atoms with Crippen LogP contribution in [-0.2, 0) is 63.5 Å². The fourth-order valence-electron chi connectivity index (χ4n) is 9.03. The topological polar surface area (TPSA) is 264 Å². The van der Waals surface area contributed by atoms with Crippen LogP contribution in [0.3, 0.4) is 0 Å². The van der Waals surface area contributed by atoms with Crippen LogP contribution in [0.25, 0.3) is 22.3 Å². The molecule has 3 atom stereocenters. The number of carboxylic acid groups (broad SMARTS) is 1. The first-order chi connectivity index (χ1) is 29.5. The standard InChI is InChI=1S/C43H50FN7O11/c1-4-32(52)46-17-34(54)48-29(8-9-35(55)56)40(58)47-16-33(53)45-11-10-21-12-22(13-21)39(57)50-28-7-6-23-20(3)27(44)15-30-36(23)37(28)24-18-51-31(38(24)49-30)14-26-25(41(51)59)19-62-42(60)43(26,61)5-2/h14-15,21-22,28-29,61H,4-13,16-19H2,1-3H3,(H,45,53)(H,46,52)(H,47,58)(H,48,54)(H,50,57)(H,55,56)/t21?,22?,28-,29-,43-/m0/s1. The number of hydrogen-bond acceptors (Lipinski definition) is 11. The Morgan fingerprint density at radius 1 is 1.00 bits per heavy atom. The number of esters is 1. The summed E-state index contributed by atoms with van der Waals surface area (Å²) in [6, 6.07) is 1.27. The van der Waals surface area contributed by atoms with Crippen molar-refractivity contribution < 1.29 is 52.9 Å². The number of nitrogens with zero attached hydrogens (tertiary/aromatic N) is 2. The summed E-state index contributed by atoms with van der Waals surface area (Å²) in [7, 11) is 0. The minimum atomic E-state index is -2.01. The number of carbonyl (C=O) groups excluding carboxylic acids is 6. The third-order valence-electron chi connectivity index (χ3n) is 12.7. The molecule has 0 unspecified atom stereocenters. The highest BCUT2D eigenvalue weighted by atomic mass is 19.1. The van der Waals surface area contributed by atoms with Gasteiger partial charge in [0.1, 0.15) is 18.5 Å². The van der Waals surface area contributed by atoms with Crippen LogP contribution in [0, 0.1) is 24.6 Å². The molecule has 7 N–H and O–H groups in total. The Kier molecular flexibility index (Phi) is 12.5. The molecule has 2 aliphatic heterocycles. The molecule has 330 valence electrons. The molecule has 0 radical (unpaired) electrons. The van der Waals surface area contributed by atoms with E-state index in [0.29, 0.717) is 60.1 Å². The van der Waals surface area contributed by atoms with E-state index >= 15 is 4.39 Å². The Morgan fingerprint density at radius 2 is 1.74 bits per heavy atom. The lowest BCUT2D eigenvalue weighted by atomic mass is 9.72. The minimum Gasteiger partial charge on any atom is -0.481 e. The number of aryl methyl sites for hydroxylation is 1. The number of halogens is 1. The van der Waals surface area contributed by atoms with Gasteiger partial charge in [-0.15, -0.1) is 0 Å². The molecule has 62 heavy (non-hydrogen) atoms. The van der Waals surface area contributed by atoms with Gasteiger partial charge in [-0.25, -0.2) is 14.2 Å². The van der Waals surface area contributed by atoms with Crippen molar-refractivity contribution in [1.82, 2.24) is 36.1 Å². The van der Waals surface area contributed by atoms with E-state index in [1.165, 1.54) is 10.6 Å². The maximum Gasteiger partial charge on any atom is 0.343 e. The number of ether oxygens (including phenoxy) is 1. The number of nitrogens with one attached hydrogen (secondary N) is 5. The molecule has 3 aromatic rings. The number of fused-ring (bicyclic) bond motifs is 5. The molecule has 0 spiro atoms. The van der Waals surface area contributed by atoms with E-state index in [0.717, 1.165) is 16.5 Å². The van der Waals surface area contributed by atoms with Crippen molar-refractivity contribution >= 4 is 52.4 Å². The number of cyclic esters (lactones) is 1. The molecule has 4 aliphatic rings. The molecule has 0 saturated heterocycles. The molecule has 18 nitrogen and oxygen atoms in total. The van der Waals surface area contributed by atoms with Gasteiger partial charge in [0.2, 0.25) is 29.5 Å². The van der Waals surface area contributed by atoms with Gasteiger partial charge < -0.3 is 46.1 Å². The predicted octanol–water partition coefficient (Wildman–Crippen LogP) is 1.16. The SMILES string of the molecule is CCC(=O)NCC(=O)N[C@@H](CCC(=O)O)C(=O)NCC(=O)NCCC1CC(C(=O)N[C@H]2CCc3c(C)c(F)cc4nc5c(c2c34)Cn2c-5cc3c(c2=O)COC(=O)[C@]3(O)CC)C1. The number of hydrogen-bond donors (Lipinski definition) is 7. The van der Waals surface area contributed by atoms with Gasteiger partial charge in [0.25, 0.3) is 5.56 Å². The van der Waals surface area contributed by atoms with E-state index in [1.54, 1.807) is 26.8 Å². The highest BCUT2D eigenvalue weighted by molar-refractivity contribution is 5.95. The van der Waals surface area contributed by atoms with Crippen molar-refractivity contribution in [3.63, 3.8) is 0 Å². The first-order valence-corrected chi connectivity index (χ1v) is 21.0. The number of carbonyl (C=O) groups is 7. The van der Waals surface area contributed by atoms with Crippen LogP contribution >= 0.6 is 0 Å². The number of carboxylic acids is 1. The summed E-state index contributed by atoms with van der Waals surface area (Å²) in [4.78, 5) is 105. The average Bonchev–Trinajstić information content (AvgIpc) is 3.60. The van der Waals surface area contributed by atoms with Gasteiger partial charge in [-0.3, -0.25) is 33.6 Å². The Balaban J connectivity index is 0.967. The Hall–Kier alpha value is -6.24. The molecule has 2 aliphatic carbocycles. The first-order valence-electron chi connectivity index (χ1n) is 21.0. The van der Waals surface area contributed by atoms with Gasteiger partial charge >= 0.3 is 11.9 Å². The van der Waals surface area contributed by atoms with E-state index in [4.69, 9.17) is 14.8 Å². The second-order valence-electron chi connectivity index (χ2n) is 16.5. The van der Waals surface area contributed by atoms with Crippen LogP contribution in [-0.4, -0.2) is 86.9 Å².